The van der Waals surface area contributed by atoms with Crippen molar-refractivity contribution in [1.82, 2.24) is 0 Å². The Morgan fingerprint density at radius 2 is 1.57 bits per heavy atom. The third kappa shape index (κ3) is 33.7. The minimum Gasteiger partial charge on any atom is -1.00 e. The van der Waals surface area contributed by atoms with Crippen molar-refractivity contribution in [3.05, 3.63) is 6.92 Å². The average molecular weight is 165 g/mol. The molecule has 0 bridgehead atoms. The molecule has 0 aromatic heterocycles. The van der Waals surface area contributed by atoms with Crippen molar-refractivity contribution < 1.29 is 34.1 Å². The van der Waals surface area contributed by atoms with Crippen molar-refractivity contribution in [3.63, 3.8) is 0 Å². The van der Waals surface area contributed by atoms with E-state index in [1.807, 2.05) is 0 Å². The molecular weight excluding hydrogens is 156 g/mol. The second-order valence-corrected chi connectivity index (χ2v) is 0.854. The summed E-state index contributed by atoms with van der Waals surface area (Å²) in [6, 6.07) is 0. The summed E-state index contributed by atoms with van der Waals surface area (Å²) in [4.78, 5) is 0. The summed E-state index contributed by atoms with van der Waals surface area (Å²) in [5.74, 6) is 0. The van der Waals surface area contributed by atoms with Crippen LogP contribution in [0, 0.1) is 6.92 Å². The molecule has 0 aliphatic heterocycles. The van der Waals surface area contributed by atoms with Crippen molar-refractivity contribution in [2.24, 2.45) is 0 Å². The molecule has 0 nitrogen and oxygen atoms in total. The maximum absolute atomic E-state index is 3.60. The third-order valence-corrected chi connectivity index (χ3v) is 0.354. The topological polar surface area (TPSA) is 0 Å². The first-order chi connectivity index (χ1) is 1.91. The van der Waals surface area contributed by atoms with Crippen LogP contribution in [0.4, 0.5) is 0 Å². The van der Waals surface area contributed by atoms with Gasteiger partial charge in [0.1, 0.15) is 0 Å². The van der Waals surface area contributed by atoms with Gasteiger partial charge < -0.3 is 19.3 Å². The molecule has 0 fully saturated rings. The van der Waals surface area contributed by atoms with Crippen LogP contribution in [-0.2, 0) is 21.7 Å². The van der Waals surface area contributed by atoms with Gasteiger partial charge in [0.2, 0.25) is 0 Å². The Balaban J connectivity index is -0.0000000150. The molecule has 0 aliphatic carbocycles. The van der Waals surface area contributed by atoms with Crippen LogP contribution in [0.15, 0.2) is 0 Å². The molecule has 7 heavy (non-hydrogen) atoms. The number of hydrogen-bond donors (Lipinski definition) is 0. The number of halogens is 1. The summed E-state index contributed by atoms with van der Waals surface area (Å²) in [7, 11) is 0. The zero-order valence-corrected chi connectivity index (χ0v) is 8.44. The van der Waals surface area contributed by atoms with Crippen molar-refractivity contribution in [1.29, 1.82) is 0 Å². The Kier molecular flexibility index (Phi) is 83.3. The fraction of sp³-hybridized carbons (Fsp3) is 0.750. The van der Waals surface area contributed by atoms with Gasteiger partial charge in [-0.05, 0) is 0 Å². The van der Waals surface area contributed by atoms with Gasteiger partial charge in [-0.2, -0.15) is 6.42 Å². The van der Waals surface area contributed by atoms with Crippen molar-refractivity contribution >= 4 is 23.1 Å². The van der Waals surface area contributed by atoms with Crippen molar-refractivity contribution in [3.8, 4) is 0 Å². The average Bonchev–Trinajstić information content (AvgIpc) is 1.37. The zero-order chi connectivity index (χ0) is 3.41. The van der Waals surface area contributed by atoms with Gasteiger partial charge >= 0.3 is 23.1 Å². The van der Waals surface area contributed by atoms with Gasteiger partial charge in [-0.15, -0.1) is 0 Å². The fourth-order valence-electron chi connectivity index (χ4n) is 0. The van der Waals surface area contributed by atoms with Crippen LogP contribution in [0.3, 0.4) is 0 Å². The monoisotopic (exact) mass is 164 g/mol. The summed E-state index contributed by atoms with van der Waals surface area (Å²) in [5.41, 5.74) is 0. The molecule has 0 aromatic carbocycles. The second kappa shape index (κ2) is 25.1. The van der Waals surface area contributed by atoms with E-state index in [1.54, 1.807) is 0 Å². The van der Waals surface area contributed by atoms with Gasteiger partial charge in [0.25, 0.3) is 0 Å². The van der Waals surface area contributed by atoms with Gasteiger partial charge in [-0.3, -0.25) is 0 Å². The molecule has 0 saturated heterocycles. The normalized spacial score (nSPS) is 4.29. The maximum Gasteiger partial charge on any atom is 2.00 e. The first kappa shape index (κ1) is 23.3. The molecule has 0 saturated carbocycles. The van der Waals surface area contributed by atoms with Crippen LogP contribution >= 0.6 is 0 Å². The maximum atomic E-state index is 3.60. The molecule has 38 valence electrons. The van der Waals surface area contributed by atoms with Crippen molar-refractivity contribution in [2.45, 2.75) is 19.8 Å². The van der Waals surface area contributed by atoms with Crippen LogP contribution in [0.5, 0.6) is 0 Å². The van der Waals surface area contributed by atoms with E-state index in [0.29, 0.717) is 0 Å². The Hall–Kier alpha value is 1.77. The second-order valence-electron chi connectivity index (χ2n) is 0.854. The molecule has 0 unspecified atom stereocenters. The van der Waals surface area contributed by atoms with Crippen LogP contribution in [0.1, 0.15) is 19.8 Å². The molecule has 0 heterocycles. The smallest absolute Gasteiger partial charge is 1.00 e. The van der Waals surface area contributed by atoms with E-state index < -0.39 is 0 Å². The molecule has 0 radical (unpaired) electrons. The quantitative estimate of drug-likeness (QED) is 0.319. The SMILES string of the molecule is [CH2-]CCC.[Cl-].[Mg+2].[Ti]. The summed E-state index contributed by atoms with van der Waals surface area (Å²) < 4.78 is 0. The Morgan fingerprint density at radius 3 is 1.57 bits per heavy atom. The van der Waals surface area contributed by atoms with Gasteiger partial charge in [0.05, 0.1) is 0 Å². The molecule has 0 N–H and O–H groups in total. The number of unbranched alkanes of at least 4 members (excludes halogenated alkanes) is 1. The first-order valence-corrected chi connectivity index (χ1v) is 1.71. The Bertz CT molecular complexity index is 13.7. The van der Waals surface area contributed by atoms with E-state index in [1.165, 1.54) is 6.42 Å². The van der Waals surface area contributed by atoms with Crippen LogP contribution in [-0.4, -0.2) is 23.1 Å². The summed E-state index contributed by atoms with van der Waals surface area (Å²) >= 11 is 0. The standard InChI is InChI=1S/C4H9.ClH.Mg.Ti/c1-3-4-2;;;/h1,3-4H2,2H3;1H;;/q-1;;+2;/p-1. The van der Waals surface area contributed by atoms with E-state index in [-0.39, 0.29) is 57.2 Å². The third-order valence-electron chi connectivity index (χ3n) is 0.354. The minimum absolute atomic E-state index is 0. The molecule has 0 rings (SSSR count). The molecule has 0 aromatic rings. The van der Waals surface area contributed by atoms with Crippen LogP contribution in [0.25, 0.3) is 0 Å². The van der Waals surface area contributed by atoms with Gasteiger partial charge in [-0.1, -0.05) is 13.3 Å². The van der Waals surface area contributed by atoms with Crippen LogP contribution < -0.4 is 12.4 Å². The molecule has 3 heteroatoms. The predicted octanol–water partition coefficient (Wildman–Crippen LogP) is -1.76. The van der Waals surface area contributed by atoms with E-state index in [9.17, 15) is 0 Å². The van der Waals surface area contributed by atoms with Crippen molar-refractivity contribution in [2.75, 3.05) is 0 Å². The van der Waals surface area contributed by atoms with E-state index >= 15 is 0 Å². The summed E-state index contributed by atoms with van der Waals surface area (Å²) in [6.07, 6.45) is 2.28. The fourth-order valence-corrected chi connectivity index (χ4v) is 0. The first-order valence-electron chi connectivity index (χ1n) is 1.71. The molecule has 0 aliphatic rings. The molecule has 0 atom stereocenters. The predicted molar refractivity (Wildman–Crippen MR) is 26.0 cm³/mol. The summed E-state index contributed by atoms with van der Waals surface area (Å²) in [5, 5.41) is 0. The van der Waals surface area contributed by atoms with E-state index in [2.05, 4.69) is 13.8 Å². The largest absolute Gasteiger partial charge is 2.00 e. The minimum atomic E-state index is 0. The van der Waals surface area contributed by atoms with Gasteiger partial charge in [0, 0.05) is 21.7 Å². The number of hydrogen-bond acceptors (Lipinski definition) is 0. The number of rotatable bonds is 1. The Labute approximate surface area is 83.3 Å². The van der Waals surface area contributed by atoms with E-state index in [4.69, 9.17) is 0 Å². The van der Waals surface area contributed by atoms with Gasteiger partial charge in [0.15, 0.2) is 0 Å². The molecule has 0 spiro atoms. The molecular formula is C4H9ClMgTi. The van der Waals surface area contributed by atoms with E-state index in [0.717, 1.165) is 6.42 Å². The zero-order valence-electron chi connectivity index (χ0n) is 4.71. The van der Waals surface area contributed by atoms with Gasteiger partial charge in [-0.25, -0.2) is 0 Å². The van der Waals surface area contributed by atoms with Crippen LogP contribution in [0.2, 0.25) is 0 Å². The Morgan fingerprint density at radius 1 is 1.43 bits per heavy atom. The molecule has 0 amide bonds. The summed E-state index contributed by atoms with van der Waals surface area (Å²) in [6.45, 7) is 5.72.